The Kier molecular flexibility index (Phi) is 6.11. The Morgan fingerprint density at radius 3 is 1.82 bits per heavy atom. The molecule has 0 saturated carbocycles. The molecule has 0 aliphatic carbocycles. The molecular weight excluding hydrogens is 255 g/mol. The maximum atomic E-state index is 10.7. The number of carbonyl (C=O) groups is 2. The number of carboxylic acid groups (broad SMARTS) is 2. The zero-order valence-electron chi connectivity index (χ0n) is 8.93. The van der Waals surface area contributed by atoms with Gasteiger partial charge in [-0.15, -0.1) is 0 Å². The number of aromatic carboxylic acids is 2. The molecule has 0 aliphatic heterocycles. The van der Waals surface area contributed by atoms with Gasteiger partial charge in [0.15, 0.2) is 5.11 Å². The SMILES string of the molecule is NC(=S)Nc1cc(C(=O)O)cc(C(=O)O)c1.[Na+]. The van der Waals surface area contributed by atoms with E-state index in [4.69, 9.17) is 15.9 Å². The molecule has 1 aromatic rings. The molecule has 0 aromatic heterocycles. The van der Waals surface area contributed by atoms with Gasteiger partial charge in [-0.3, -0.25) is 0 Å². The Morgan fingerprint density at radius 2 is 1.53 bits per heavy atom. The molecule has 6 nitrogen and oxygen atoms in total. The second-order valence-corrected chi connectivity index (χ2v) is 3.34. The van der Waals surface area contributed by atoms with Crippen molar-refractivity contribution in [1.29, 1.82) is 0 Å². The van der Waals surface area contributed by atoms with Crippen LogP contribution in [0.3, 0.4) is 0 Å². The normalized spacial score (nSPS) is 8.94. The van der Waals surface area contributed by atoms with Crippen molar-refractivity contribution in [3.63, 3.8) is 0 Å². The zero-order chi connectivity index (χ0) is 12.3. The molecule has 0 atom stereocenters. The molecular formula is C9H8N2NaO4S+. The van der Waals surface area contributed by atoms with E-state index in [0.717, 1.165) is 6.07 Å². The van der Waals surface area contributed by atoms with Crippen LogP contribution < -0.4 is 40.6 Å². The van der Waals surface area contributed by atoms with E-state index in [0.29, 0.717) is 0 Å². The van der Waals surface area contributed by atoms with Gasteiger partial charge in [-0.05, 0) is 30.4 Å². The Balaban J connectivity index is 0.00000256. The number of carboxylic acids is 2. The van der Waals surface area contributed by atoms with E-state index in [9.17, 15) is 9.59 Å². The van der Waals surface area contributed by atoms with E-state index in [1.807, 2.05) is 0 Å². The van der Waals surface area contributed by atoms with E-state index >= 15 is 0 Å². The molecule has 0 heterocycles. The van der Waals surface area contributed by atoms with Gasteiger partial charge in [0.25, 0.3) is 0 Å². The third-order valence-corrected chi connectivity index (χ3v) is 1.80. The van der Waals surface area contributed by atoms with Crippen molar-refractivity contribution < 1.29 is 49.4 Å². The summed E-state index contributed by atoms with van der Waals surface area (Å²) in [5.74, 6) is -2.46. The maximum absolute atomic E-state index is 10.7. The van der Waals surface area contributed by atoms with Crippen molar-refractivity contribution in [2.75, 3.05) is 5.32 Å². The molecule has 0 radical (unpaired) electrons. The minimum atomic E-state index is -1.23. The van der Waals surface area contributed by atoms with E-state index in [1.165, 1.54) is 12.1 Å². The van der Waals surface area contributed by atoms with Gasteiger partial charge >= 0.3 is 41.5 Å². The molecule has 0 aliphatic rings. The van der Waals surface area contributed by atoms with Gasteiger partial charge in [-0.2, -0.15) is 0 Å². The molecule has 1 rings (SSSR count). The van der Waals surface area contributed by atoms with Gasteiger partial charge in [0, 0.05) is 5.69 Å². The Morgan fingerprint density at radius 1 is 1.12 bits per heavy atom. The van der Waals surface area contributed by atoms with Crippen molar-refractivity contribution in [2.45, 2.75) is 0 Å². The van der Waals surface area contributed by atoms with E-state index in [2.05, 4.69) is 17.5 Å². The standard InChI is InChI=1S/C9H8N2O4S.Na/c10-9(16)11-6-2-4(7(12)13)1-5(3-6)8(14)15;/h1-3H,(H,12,13)(H,14,15)(H3,10,11,16);/q;+1. The second-order valence-electron chi connectivity index (χ2n) is 2.90. The average Bonchev–Trinajstić information content (AvgIpc) is 2.15. The van der Waals surface area contributed by atoms with Gasteiger partial charge in [0.05, 0.1) is 11.1 Å². The molecule has 0 amide bonds. The van der Waals surface area contributed by atoms with Gasteiger partial charge < -0.3 is 21.3 Å². The molecule has 5 N–H and O–H groups in total. The molecule has 0 fully saturated rings. The van der Waals surface area contributed by atoms with Crippen molar-refractivity contribution in [3.05, 3.63) is 29.3 Å². The Hall–Kier alpha value is -1.15. The van der Waals surface area contributed by atoms with Crippen LogP contribution in [0.2, 0.25) is 0 Å². The minimum absolute atomic E-state index is 0. The fourth-order valence-electron chi connectivity index (χ4n) is 1.09. The van der Waals surface area contributed by atoms with E-state index < -0.39 is 11.9 Å². The Bertz CT molecular complexity index is 446. The van der Waals surface area contributed by atoms with Gasteiger partial charge in [-0.25, -0.2) is 9.59 Å². The predicted octanol–water partition coefficient (Wildman–Crippen LogP) is -2.26. The largest absolute Gasteiger partial charge is 1.00 e. The molecule has 0 saturated heterocycles. The van der Waals surface area contributed by atoms with E-state index in [-0.39, 0.29) is 51.5 Å². The number of rotatable bonds is 3. The summed E-state index contributed by atoms with van der Waals surface area (Å²) in [6.45, 7) is 0. The number of nitrogens with one attached hydrogen (secondary N) is 1. The first kappa shape index (κ1) is 15.9. The molecule has 0 unspecified atom stereocenters. The molecule has 17 heavy (non-hydrogen) atoms. The summed E-state index contributed by atoms with van der Waals surface area (Å²) in [6.07, 6.45) is 0. The third kappa shape index (κ3) is 4.70. The number of thiocarbonyl (C=S) groups is 1. The number of nitrogens with two attached hydrogens (primary N) is 1. The number of hydrogen-bond donors (Lipinski definition) is 4. The van der Waals surface area contributed by atoms with Crippen LogP contribution in [0.1, 0.15) is 20.7 Å². The summed E-state index contributed by atoms with van der Waals surface area (Å²) < 4.78 is 0. The first-order valence-corrected chi connectivity index (χ1v) is 4.49. The molecule has 0 spiro atoms. The fraction of sp³-hybridized carbons (Fsp3) is 0. The monoisotopic (exact) mass is 263 g/mol. The van der Waals surface area contributed by atoms with Gasteiger partial charge in [0.1, 0.15) is 0 Å². The van der Waals surface area contributed by atoms with Crippen LogP contribution in [0.5, 0.6) is 0 Å². The fourth-order valence-corrected chi connectivity index (χ4v) is 1.21. The summed E-state index contributed by atoms with van der Waals surface area (Å²) in [5, 5.41) is 19.9. The topological polar surface area (TPSA) is 113 Å². The quantitative estimate of drug-likeness (QED) is 0.360. The van der Waals surface area contributed by atoms with Crippen LogP contribution >= 0.6 is 12.2 Å². The van der Waals surface area contributed by atoms with Crippen LogP contribution in [-0.2, 0) is 0 Å². The summed E-state index contributed by atoms with van der Waals surface area (Å²) in [4.78, 5) is 21.5. The zero-order valence-corrected chi connectivity index (χ0v) is 11.7. The average molecular weight is 263 g/mol. The smallest absolute Gasteiger partial charge is 0.478 e. The summed E-state index contributed by atoms with van der Waals surface area (Å²) in [7, 11) is 0. The molecule has 1 aromatic carbocycles. The second kappa shape index (κ2) is 6.55. The van der Waals surface area contributed by atoms with Gasteiger partial charge in [0.2, 0.25) is 0 Å². The number of anilines is 1. The number of hydrogen-bond acceptors (Lipinski definition) is 3. The van der Waals surface area contributed by atoms with Crippen LogP contribution in [0.4, 0.5) is 5.69 Å². The van der Waals surface area contributed by atoms with Crippen LogP contribution in [0.15, 0.2) is 18.2 Å². The summed E-state index contributed by atoms with van der Waals surface area (Å²) in [5.41, 5.74) is 5.12. The van der Waals surface area contributed by atoms with E-state index in [1.54, 1.807) is 0 Å². The van der Waals surface area contributed by atoms with Crippen molar-refractivity contribution in [2.24, 2.45) is 5.73 Å². The van der Waals surface area contributed by atoms with Crippen molar-refractivity contribution in [3.8, 4) is 0 Å². The molecule has 0 bridgehead atoms. The van der Waals surface area contributed by atoms with Crippen LogP contribution in [0.25, 0.3) is 0 Å². The predicted molar refractivity (Wildman–Crippen MR) is 60.8 cm³/mol. The summed E-state index contributed by atoms with van der Waals surface area (Å²) >= 11 is 4.57. The van der Waals surface area contributed by atoms with Crippen LogP contribution in [-0.4, -0.2) is 27.3 Å². The van der Waals surface area contributed by atoms with Crippen molar-refractivity contribution >= 4 is 35.0 Å². The first-order chi connectivity index (χ1) is 7.40. The van der Waals surface area contributed by atoms with Crippen LogP contribution in [0, 0.1) is 0 Å². The third-order valence-electron chi connectivity index (χ3n) is 1.69. The molecule has 84 valence electrons. The number of benzene rings is 1. The first-order valence-electron chi connectivity index (χ1n) is 4.08. The van der Waals surface area contributed by atoms with Crippen molar-refractivity contribution in [1.82, 2.24) is 0 Å². The molecule has 8 heteroatoms. The maximum Gasteiger partial charge on any atom is 1.00 e. The Labute approximate surface area is 124 Å². The summed E-state index contributed by atoms with van der Waals surface area (Å²) in [6, 6.07) is 3.54. The minimum Gasteiger partial charge on any atom is -0.478 e. The van der Waals surface area contributed by atoms with Gasteiger partial charge in [-0.1, -0.05) is 0 Å².